The molecule has 0 spiro atoms. The molecule has 1 aromatic heterocycles. The molecule has 86 valence electrons. The van der Waals surface area contributed by atoms with Crippen LogP contribution in [0.3, 0.4) is 0 Å². The van der Waals surface area contributed by atoms with Gasteiger partial charge in [0.2, 0.25) is 0 Å². The zero-order valence-corrected chi connectivity index (χ0v) is 10.5. The highest BCUT2D eigenvalue weighted by Crippen LogP contribution is 2.18. The van der Waals surface area contributed by atoms with Gasteiger partial charge in [-0.2, -0.15) is 0 Å². The maximum atomic E-state index is 4.64. The van der Waals surface area contributed by atoms with E-state index >= 15 is 0 Å². The number of imidazole rings is 1. The van der Waals surface area contributed by atoms with E-state index in [4.69, 9.17) is 0 Å². The van der Waals surface area contributed by atoms with E-state index in [-0.39, 0.29) is 0 Å². The van der Waals surface area contributed by atoms with E-state index in [2.05, 4.69) is 54.9 Å². The number of likely N-dealkylation sites (N-methyl/N-ethyl adjacent to an activating group) is 1. The molecule has 2 rings (SSSR count). The predicted molar refractivity (Wildman–Crippen MR) is 67.8 cm³/mol. The molecular weight excluding hydrogens is 198 g/mol. The van der Waals surface area contributed by atoms with Crippen molar-refractivity contribution in [3.63, 3.8) is 0 Å². The Morgan fingerprint density at radius 2 is 2.00 bits per heavy atom. The van der Waals surface area contributed by atoms with Crippen LogP contribution in [0.1, 0.15) is 17.0 Å². The van der Waals surface area contributed by atoms with Crippen LogP contribution in [0.2, 0.25) is 0 Å². The molecule has 16 heavy (non-hydrogen) atoms. The number of nitrogens with one attached hydrogen (secondary N) is 1. The van der Waals surface area contributed by atoms with Crippen LogP contribution < -0.4 is 0 Å². The smallest absolute Gasteiger partial charge is 0.108 e. The van der Waals surface area contributed by atoms with Crippen LogP contribution in [0.5, 0.6) is 0 Å². The first-order valence-electron chi connectivity index (χ1n) is 5.67. The maximum Gasteiger partial charge on any atom is 0.108 e. The van der Waals surface area contributed by atoms with Crippen LogP contribution in [0.25, 0.3) is 11.0 Å². The molecule has 0 unspecified atom stereocenters. The van der Waals surface area contributed by atoms with E-state index in [1.165, 1.54) is 11.1 Å². The quantitative estimate of drug-likeness (QED) is 0.855. The van der Waals surface area contributed by atoms with Gasteiger partial charge in [0.25, 0.3) is 0 Å². The van der Waals surface area contributed by atoms with Gasteiger partial charge in [0.15, 0.2) is 0 Å². The molecule has 0 aliphatic heterocycles. The Balaban J connectivity index is 2.33. The predicted octanol–water partition coefficient (Wildman–Crippen LogP) is 2.28. The number of nitrogens with zero attached hydrogens (tertiary/aromatic N) is 2. The number of aromatic nitrogens is 2. The van der Waals surface area contributed by atoms with Crippen molar-refractivity contribution >= 4 is 11.0 Å². The number of hydrogen-bond acceptors (Lipinski definition) is 2. The lowest BCUT2D eigenvalue weighted by molar-refractivity contribution is 0.410. The third-order valence-corrected chi connectivity index (χ3v) is 2.77. The Labute approximate surface area is 96.5 Å². The van der Waals surface area contributed by atoms with E-state index in [0.717, 1.165) is 29.8 Å². The number of benzene rings is 1. The van der Waals surface area contributed by atoms with Crippen LogP contribution in [0.4, 0.5) is 0 Å². The minimum Gasteiger partial charge on any atom is -0.342 e. The first-order valence-corrected chi connectivity index (χ1v) is 5.67. The lowest BCUT2D eigenvalue weighted by atomic mass is 10.1. The van der Waals surface area contributed by atoms with Crippen molar-refractivity contribution < 1.29 is 0 Å². The van der Waals surface area contributed by atoms with Gasteiger partial charge in [-0.05, 0) is 45.1 Å². The summed E-state index contributed by atoms with van der Waals surface area (Å²) in [6, 6.07) is 4.34. The molecule has 0 bridgehead atoms. The summed E-state index contributed by atoms with van der Waals surface area (Å²) in [6.07, 6.45) is 0.972. The van der Waals surface area contributed by atoms with Gasteiger partial charge in [0.05, 0.1) is 11.0 Å². The van der Waals surface area contributed by atoms with Crippen LogP contribution in [-0.4, -0.2) is 35.5 Å². The average Bonchev–Trinajstić information content (AvgIpc) is 2.57. The Kier molecular flexibility index (Phi) is 2.97. The zero-order chi connectivity index (χ0) is 11.7. The lowest BCUT2D eigenvalue weighted by Gasteiger charge is -2.06. The fraction of sp³-hybridized carbons (Fsp3) is 0.462. The molecule has 1 N–H and O–H groups in total. The molecular formula is C13H19N3. The standard InChI is InChI=1S/C13H19N3/c1-9-7-10(2)13-11(8-9)14-12(15-13)5-6-16(3)4/h7-8H,5-6H2,1-4H3,(H,14,15). The Morgan fingerprint density at radius 3 is 2.69 bits per heavy atom. The van der Waals surface area contributed by atoms with E-state index in [1.54, 1.807) is 0 Å². The molecule has 1 heterocycles. The Morgan fingerprint density at radius 1 is 1.25 bits per heavy atom. The number of rotatable bonds is 3. The number of aryl methyl sites for hydroxylation is 2. The van der Waals surface area contributed by atoms with E-state index in [0.29, 0.717) is 0 Å². The number of hydrogen-bond donors (Lipinski definition) is 1. The second-order valence-electron chi connectivity index (χ2n) is 4.71. The normalized spacial score (nSPS) is 11.6. The summed E-state index contributed by atoms with van der Waals surface area (Å²) in [6.45, 7) is 5.26. The highest BCUT2D eigenvalue weighted by Gasteiger charge is 2.06. The van der Waals surface area contributed by atoms with Crippen LogP contribution in [0, 0.1) is 13.8 Å². The topological polar surface area (TPSA) is 31.9 Å². The summed E-state index contributed by atoms with van der Waals surface area (Å²) >= 11 is 0. The minimum absolute atomic E-state index is 0.972. The molecule has 2 aromatic rings. The van der Waals surface area contributed by atoms with Crippen molar-refractivity contribution in [3.8, 4) is 0 Å². The summed E-state index contributed by atoms with van der Waals surface area (Å²) in [5.41, 5.74) is 4.81. The molecule has 3 nitrogen and oxygen atoms in total. The molecule has 0 saturated heterocycles. The lowest BCUT2D eigenvalue weighted by Crippen LogP contribution is -2.15. The third kappa shape index (κ3) is 2.25. The first-order chi connectivity index (χ1) is 7.56. The summed E-state index contributed by atoms with van der Waals surface area (Å²) in [4.78, 5) is 10.2. The fourth-order valence-corrected chi connectivity index (χ4v) is 1.97. The van der Waals surface area contributed by atoms with E-state index < -0.39 is 0 Å². The van der Waals surface area contributed by atoms with Gasteiger partial charge in [0.1, 0.15) is 5.82 Å². The van der Waals surface area contributed by atoms with Crippen molar-refractivity contribution in [1.29, 1.82) is 0 Å². The summed E-state index contributed by atoms with van der Waals surface area (Å²) in [5.74, 6) is 1.08. The highest BCUT2D eigenvalue weighted by atomic mass is 15.1. The van der Waals surface area contributed by atoms with Gasteiger partial charge in [-0.15, -0.1) is 0 Å². The fourth-order valence-electron chi connectivity index (χ4n) is 1.97. The van der Waals surface area contributed by atoms with Crippen molar-refractivity contribution in [2.75, 3.05) is 20.6 Å². The molecule has 0 radical (unpaired) electrons. The second-order valence-corrected chi connectivity index (χ2v) is 4.71. The third-order valence-electron chi connectivity index (χ3n) is 2.77. The average molecular weight is 217 g/mol. The van der Waals surface area contributed by atoms with Crippen LogP contribution >= 0.6 is 0 Å². The second kappa shape index (κ2) is 4.26. The number of H-pyrrole nitrogens is 1. The molecule has 1 aromatic carbocycles. The van der Waals surface area contributed by atoms with Gasteiger partial charge in [-0.3, -0.25) is 0 Å². The molecule has 0 amide bonds. The van der Waals surface area contributed by atoms with E-state index in [1.807, 2.05) is 0 Å². The van der Waals surface area contributed by atoms with Gasteiger partial charge < -0.3 is 9.88 Å². The van der Waals surface area contributed by atoms with Crippen molar-refractivity contribution in [1.82, 2.24) is 14.9 Å². The summed E-state index contributed by atoms with van der Waals surface area (Å²) in [7, 11) is 4.16. The molecule has 3 heteroatoms. The summed E-state index contributed by atoms with van der Waals surface area (Å²) < 4.78 is 0. The molecule has 0 saturated carbocycles. The van der Waals surface area contributed by atoms with Gasteiger partial charge in [-0.25, -0.2) is 4.98 Å². The monoisotopic (exact) mass is 217 g/mol. The van der Waals surface area contributed by atoms with E-state index in [9.17, 15) is 0 Å². The molecule has 0 atom stereocenters. The minimum atomic E-state index is 0.972. The number of aromatic amines is 1. The molecule has 0 aliphatic carbocycles. The van der Waals surface area contributed by atoms with Gasteiger partial charge >= 0.3 is 0 Å². The number of fused-ring (bicyclic) bond motifs is 1. The van der Waals surface area contributed by atoms with Crippen molar-refractivity contribution in [2.45, 2.75) is 20.3 Å². The Bertz CT molecular complexity index is 497. The highest BCUT2D eigenvalue weighted by molar-refractivity contribution is 5.79. The van der Waals surface area contributed by atoms with Crippen LogP contribution in [0.15, 0.2) is 12.1 Å². The molecule has 0 fully saturated rings. The summed E-state index contributed by atoms with van der Waals surface area (Å²) in [5, 5.41) is 0. The SMILES string of the molecule is Cc1cc(C)c2nc(CCN(C)C)[nH]c2c1. The van der Waals surface area contributed by atoms with Crippen molar-refractivity contribution in [3.05, 3.63) is 29.1 Å². The van der Waals surface area contributed by atoms with Crippen LogP contribution in [-0.2, 0) is 6.42 Å². The largest absolute Gasteiger partial charge is 0.342 e. The molecule has 0 aliphatic rings. The Hall–Kier alpha value is -1.35. The van der Waals surface area contributed by atoms with Crippen molar-refractivity contribution in [2.24, 2.45) is 0 Å². The van der Waals surface area contributed by atoms with Gasteiger partial charge in [0, 0.05) is 13.0 Å². The zero-order valence-electron chi connectivity index (χ0n) is 10.5. The first kappa shape index (κ1) is 11.1. The van der Waals surface area contributed by atoms with Gasteiger partial charge in [-0.1, -0.05) is 6.07 Å². The maximum absolute atomic E-state index is 4.64.